The van der Waals surface area contributed by atoms with Crippen LogP contribution in [0.5, 0.6) is 0 Å². The molecule has 2 heteroatoms. The fraction of sp³-hybridized carbons (Fsp3) is 0.588. The van der Waals surface area contributed by atoms with Crippen molar-refractivity contribution in [3.63, 3.8) is 0 Å². The maximum Gasteiger partial charge on any atom is 0.303 e. The third-order valence-corrected chi connectivity index (χ3v) is 4.71. The Balaban J connectivity index is 2.02. The van der Waals surface area contributed by atoms with E-state index in [1.165, 1.54) is 29.5 Å². The van der Waals surface area contributed by atoms with E-state index in [-0.39, 0.29) is 5.41 Å². The molecule has 0 amide bonds. The van der Waals surface area contributed by atoms with E-state index in [9.17, 15) is 4.79 Å². The summed E-state index contributed by atoms with van der Waals surface area (Å²) in [5, 5.41) is 9.12. The van der Waals surface area contributed by atoms with Gasteiger partial charge in [0.1, 0.15) is 0 Å². The number of carbonyl (C=O) groups is 1. The topological polar surface area (TPSA) is 37.3 Å². The second kappa shape index (κ2) is 5.77. The molecule has 0 aromatic heterocycles. The van der Waals surface area contributed by atoms with Crippen molar-refractivity contribution in [2.75, 3.05) is 0 Å². The highest BCUT2D eigenvalue weighted by Gasteiger charge is 2.35. The van der Waals surface area contributed by atoms with Crippen molar-refractivity contribution >= 4 is 5.97 Å². The summed E-state index contributed by atoms with van der Waals surface area (Å²) in [7, 11) is 0. The largest absolute Gasteiger partial charge is 0.481 e. The maximum absolute atomic E-state index is 11.1. The van der Waals surface area contributed by atoms with Crippen molar-refractivity contribution in [3.05, 3.63) is 34.9 Å². The van der Waals surface area contributed by atoms with Crippen molar-refractivity contribution in [1.29, 1.82) is 0 Å². The Bertz CT molecular complexity index is 456. The third-order valence-electron chi connectivity index (χ3n) is 4.71. The summed E-state index contributed by atoms with van der Waals surface area (Å²) in [5.74, 6) is -0.637. The second-order valence-electron chi connectivity index (χ2n) is 6.20. The molecule has 0 aliphatic heterocycles. The van der Waals surface area contributed by atoms with E-state index in [0.717, 1.165) is 25.7 Å². The van der Waals surface area contributed by atoms with Gasteiger partial charge in [0.15, 0.2) is 0 Å². The van der Waals surface area contributed by atoms with Crippen LogP contribution >= 0.6 is 0 Å². The fourth-order valence-electron chi connectivity index (χ4n) is 3.33. The van der Waals surface area contributed by atoms with E-state index < -0.39 is 5.97 Å². The molecule has 1 aromatic rings. The van der Waals surface area contributed by atoms with Crippen molar-refractivity contribution in [3.8, 4) is 0 Å². The van der Waals surface area contributed by atoms with Crippen LogP contribution in [0.25, 0.3) is 0 Å². The lowest BCUT2D eigenvalue weighted by atomic mass is 9.77. The summed E-state index contributed by atoms with van der Waals surface area (Å²) in [4.78, 5) is 11.1. The van der Waals surface area contributed by atoms with Crippen molar-refractivity contribution in [2.45, 2.75) is 58.8 Å². The molecule has 1 saturated carbocycles. The molecule has 2 rings (SSSR count). The summed E-state index contributed by atoms with van der Waals surface area (Å²) in [6.45, 7) is 4.27. The molecular formula is C17H24O2. The Labute approximate surface area is 115 Å². The van der Waals surface area contributed by atoms with Gasteiger partial charge in [-0.05, 0) is 61.6 Å². The minimum Gasteiger partial charge on any atom is -0.481 e. The summed E-state index contributed by atoms with van der Waals surface area (Å²) < 4.78 is 0. The van der Waals surface area contributed by atoms with Gasteiger partial charge >= 0.3 is 5.97 Å². The molecule has 19 heavy (non-hydrogen) atoms. The molecule has 1 aromatic carbocycles. The van der Waals surface area contributed by atoms with Gasteiger partial charge in [0, 0.05) is 0 Å². The lowest BCUT2D eigenvalue weighted by Gasteiger charge is -2.27. The molecule has 0 atom stereocenters. The number of aryl methyl sites for hydroxylation is 3. The molecule has 0 spiro atoms. The molecule has 1 fully saturated rings. The molecule has 1 N–H and O–H groups in total. The van der Waals surface area contributed by atoms with Gasteiger partial charge in [-0.1, -0.05) is 31.0 Å². The summed E-state index contributed by atoms with van der Waals surface area (Å²) in [6, 6.07) is 6.60. The summed E-state index contributed by atoms with van der Waals surface area (Å²) >= 11 is 0. The van der Waals surface area contributed by atoms with Gasteiger partial charge < -0.3 is 5.11 Å². The Morgan fingerprint density at radius 3 is 2.47 bits per heavy atom. The lowest BCUT2D eigenvalue weighted by Crippen LogP contribution is -2.21. The van der Waals surface area contributed by atoms with Gasteiger partial charge in [-0.15, -0.1) is 0 Å². The number of rotatable bonds is 5. The average molecular weight is 260 g/mol. The smallest absolute Gasteiger partial charge is 0.303 e. The number of hydrogen-bond donors (Lipinski definition) is 1. The zero-order valence-electron chi connectivity index (χ0n) is 12.0. The molecule has 104 valence electrons. The monoisotopic (exact) mass is 260 g/mol. The Hall–Kier alpha value is -1.31. The molecular weight excluding hydrogens is 236 g/mol. The Kier molecular flexibility index (Phi) is 4.28. The maximum atomic E-state index is 11.1. The van der Waals surface area contributed by atoms with Crippen LogP contribution in [0.4, 0.5) is 0 Å². The van der Waals surface area contributed by atoms with Gasteiger partial charge in [0.2, 0.25) is 0 Å². The van der Waals surface area contributed by atoms with Crippen LogP contribution in [0.15, 0.2) is 18.2 Å². The highest BCUT2D eigenvalue weighted by atomic mass is 16.4. The average Bonchev–Trinajstić information content (AvgIpc) is 2.79. The van der Waals surface area contributed by atoms with Crippen LogP contribution in [0.3, 0.4) is 0 Å². The molecule has 0 unspecified atom stereocenters. The van der Waals surface area contributed by atoms with Crippen LogP contribution in [0.2, 0.25) is 0 Å². The molecule has 0 saturated heterocycles. The van der Waals surface area contributed by atoms with Gasteiger partial charge in [0.05, 0.1) is 6.42 Å². The predicted octanol–water partition coefficient (Wildman–Crippen LogP) is 4.27. The van der Waals surface area contributed by atoms with Crippen molar-refractivity contribution < 1.29 is 9.90 Å². The standard InChI is InChI=1S/C17H24O2/c1-13-5-6-15(11-14(13)2)7-10-17(12-16(18)19)8-3-4-9-17/h5-6,11H,3-4,7-10,12H2,1-2H3,(H,18,19). The van der Waals surface area contributed by atoms with Gasteiger partial charge in [-0.2, -0.15) is 0 Å². The Morgan fingerprint density at radius 1 is 1.21 bits per heavy atom. The first-order valence-electron chi connectivity index (χ1n) is 7.29. The number of aliphatic carboxylic acids is 1. The normalized spacial score (nSPS) is 17.6. The van der Waals surface area contributed by atoms with E-state index in [4.69, 9.17) is 5.11 Å². The van der Waals surface area contributed by atoms with Crippen LogP contribution < -0.4 is 0 Å². The van der Waals surface area contributed by atoms with Crippen LogP contribution in [-0.2, 0) is 11.2 Å². The summed E-state index contributed by atoms with van der Waals surface area (Å²) in [5.41, 5.74) is 4.06. The zero-order chi connectivity index (χ0) is 13.9. The minimum atomic E-state index is -0.637. The molecule has 0 heterocycles. The zero-order valence-corrected chi connectivity index (χ0v) is 12.0. The quantitative estimate of drug-likeness (QED) is 0.858. The van der Waals surface area contributed by atoms with Gasteiger partial charge in [0.25, 0.3) is 0 Å². The third kappa shape index (κ3) is 3.59. The molecule has 0 radical (unpaired) electrons. The molecule has 0 bridgehead atoms. The van der Waals surface area contributed by atoms with Crippen molar-refractivity contribution in [2.24, 2.45) is 5.41 Å². The first-order valence-corrected chi connectivity index (χ1v) is 7.29. The predicted molar refractivity (Wildman–Crippen MR) is 77.4 cm³/mol. The number of carboxylic acids is 1. The number of carboxylic acid groups (broad SMARTS) is 1. The van der Waals surface area contributed by atoms with Crippen LogP contribution in [-0.4, -0.2) is 11.1 Å². The number of hydrogen-bond acceptors (Lipinski definition) is 1. The highest BCUT2D eigenvalue weighted by molar-refractivity contribution is 5.67. The highest BCUT2D eigenvalue weighted by Crippen LogP contribution is 2.44. The van der Waals surface area contributed by atoms with Gasteiger partial charge in [-0.3, -0.25) is 4.79 Å². The van der Waals surface area contributed by atoms with Crippen molar-refractivity contribution in [1.82, 2.24) is 0 Å². The first-order chi connectivity index (χ1) is 9.01. The van der Waals surface area contributed by atoms with E-state index in [2.05, 4.69) is 32.0 Å². The van der Waals surface area contributed by atoms with E-state index in [1.54, 1.807) is 0 Å². The van der Waals surface area contributed by atoms with E-state index in [1.807, 2.05) is 0 Å². The lowest BCUT2D eigenvalue weighted by molar-refractivity contribution is -0.139. The van der Waals surface area contributed by atoms with Gasteiger partial charge in [-0.25, -0.2) is 0 Å². The SMILES string of the molecule is Cc1ccc(CCC2(CC(=O)O)CCCC2)cc1C. The van der Waals surface area contributed by atoms with Crippen LogP contribution in [0.1, 0.15) is 55.2 Å². The van der Waals surface area contributed by atoms with E-state index >= 15 is 0 Å². The molecule has 2 nitrogen and oxygen atoms in total. The van der Waals surface area contributed by atoms with Crippen LogP contribution in [0, 0.1) is 19.3 Å². The molecule has 1 aliphatic rings. The Morgan fingerprint density at radius 2 is 1.89 bits per heavy atom. The number of benzene rings is 1. The fourth-order valence-corrected chi connectivity index (χ4v) is 3.33. The second-order valence-corrected chi connectivity index (χ2v) is 6.20. The summed E-state index contributed by atoms with van der Waals surface area (Å²) in [6.07, 6.45) is 6.93. The first kappa shape index (κ1) is 14.1. The molecule has 1 aliphatic carbocycles. The van der Waals surface area contributed by atoms with E-state index in [0.29, 0.717) is 6.42 Å². The minimum absolute atomic E-state index is 0.0601.